The molecule has 24 heavy (non-hydrogen) atoms. The Balaban J connectivity index is 1.43. The van der Waals surface area contributed by atoms with E-state index in [1.54, 1.807) is 12.4 Å². The van der Waals surface area contributed by atoms with E-state index in [0.717, 1.165) is 50.5 Å². The smallest absolute Gasteiger partial charge is 0.146 e. The monoisotopic (exact) mass is 328 g/mol. The highest BCUT2D eigenvalue weighted by atomic mass is 19.1. The predicted octanol–water partition coefficient (Wildman–Crippen LogP) is 2.18. The Morgan fingerprint density at radius 2 is 1.71 bits per heavy atom. The summed E-state index contributed by atoms with van der Waals surface area (Å²) in [5.41, 5.74) is 1.69. The van der Waals surface area contributed by atoms with Gasteiger partial charge in [0.25, 0.3) is 0 Å². The van der Waals surface area contributed by atoms with Crippen molar-refractivity contribution in [3.63, 3.8) is 0 Å². The van der Waals surface area contributed by atoms with Gasteiger partial charge in [-0.1, -0.05) is 12.1 Å². The third-order valence-corrected chi connectivity index (χ3v) is 5.00. The van der Waals surface area contributed by atoms with E-state index in [-0.39, 0.29) is 11.9 Å². The van der Waals surface area contributed by atoms with Gasteiger partial charge in [0.15, 0.2) is 0 Å². The summed E-state index contributed by atoms with van der Waals surface area (Å²) >= 11 is 0. The van der Waals surface area contributed by atoms with Crippen LogP contribution in [-0.4, -0.2) is 47.4 Å². The number of anilines is 2. The Bertz CT molecular complexity index is 712. The van der Waals surface area contributed by atoms with Crippen LogP contribution in [0.1, 0.15) is 24.5 Å². The van der Waals surface area contributed by atoms with Crippen LogP contribution in [0.15, 0.2) is 36.7 Å². The molecule has 2 aliphatic rings. The summed E-state index contributed by atoms with van der Waals surface area (Å²) in [4.78, 5) is 13.1. The van der Waals surface area contributed by atoms with Gasteiger partial charge in [-0.25, -0.2) is 14.4 Å². The fourth-order valence-corrected chi connectivity index (χ4v) is 3.47. The molecule has 2 aromatic rings. The Morgan fingerprint density at radius 1 is 1.00 bits per heavy atom. The molecule has 0 atom stereocenters. The lowest BCUT2D eigenvalue weighted by Crippen LogP contribution is -2.47. The molecule has 2 fully saturated rings. The summed E-state index contributed by atoms with van der Waals surface area (Å²) in [5.74, 6) is 1.11. The molecule has 4 rings (SSSR count). The van der Waals surface area contributed by atoms with Gasteiger partial charge >= 0.3 is 0 Å². The second kappa shape index (κ2) is 6.36. The summed E-state index contributed by atoms with van der Waals surface area (Å²) in [6.45, 7) is 3.14. The molecular formula is C18H21FN4O. The molecule has 2 heterocycles. The average molecular weight is 328 g/mol. The highest BCUT2D eigenvalue weighted by Gasteiger charge is 2.30. The third-order valence-electron chi connectivity index (χ3n) is 5.00. The molecule has 1 aromatic carbocycles. The molecule has 1 aliphatic heterocycles. The molecule has 6 heteroatoms. The van der Waals surface area contributed by atoms with E-state index in [1.807, 2.05) is 18.2 Å². The van der Waals surface area contributed by atoms with E-state index >= 15 is 0 Å². The summed E-state index contributed by atoms with van der Waals surface area (Å²) in [6, 6.07) is 8.96. The number of hydrogen-bond acceptors (Lipinski definition) is 5. The number of halogens is 1. The lowest BCUT2D eigenvalue weighted by Gasteiger charge is -2.37. The molecule has 1 saturated heterocycles. The van der Waals surface area contributed by atoms with E-state index in [4.69, 9.17) is 0 Å². The molecule has 1 aliphatic carbocycles. The fraction of sp³-hybridized carbons (Fsp3) is 0.444. The number of rotatable bonds is 3. The van der Waals surface area contributed by atoms with Crippen LogP contribution in [0.3, 0.4) is 0 Å². The lowest BCUT2D eigenvalue weighted by molar-refractivity contribution is 0.0732. The molecule has 0 radical (unpaired) electrons. The van der Waals surface area contributed by atoms with Crippen LogP contribution in [0.25, 0.3) is 0 Å². The first kappa shape index (κ1) is 15.3. The minimum Gasteiger partial charge on any atom is -0.393 e. The second-order valence-electron chi connectivity index (χ2n) is 6.55. The first-order valence-electron chi connectivity index (χ1n) is 8.45. The quantitative estimate of drug-likeness (QED) is 0.936. The van der Waals surface area contributed by atoms with E-state index in [9.17, 15) is 9.50 Å². The van der Waals surface area contributed by atoms with Crippen LogP contribution in [-0.2, 0) is 0 Å². The van der Waals surface area contributed by atoms with E-state index in [0.29, 0.717) is 11.6 Å². The maximum Gasteiger partial charge on any atom is 0.146 e. The number of piperazine rings is 1. The van der Waals surface area contributed by atoms with Crippen LogP contribution in [0.2, 0.25) is 0 Å². The van der Waals surface area contributed by atoms with Crippen molar-refractivity contribution in [3.8, 4) is 0 Å². The van der Waals surface area contributed by atoms with Crippen molar-refractivity contribution in [1.82, 2.24) is 9.97 Å². The second-order valence-corrected chi connectivity index (χ2v) is 6.55. The third kappa shape index (κ3) is 2.94. The first-order valence-corrected chi connectivity index (χ1v) is 8.45. The molecule has 0 bridgehead atoms. The van der Waals surface area contributed by atoms with E-state index in [2.05, 4.69) is 19.8 Å². The number of nitrogens with zero attached hydrogens (tertiary/aromatic N) is 4. The van der Waals surface area contributed by atoms with Crippen molar-refractivity contribution in [2.45, 2.75) is 24.9 Å². The summed E-state index contributed by atoms with van der Waals surface area (Å²) < 4.78 is 13.9. The standard InChI is InChI=1S/C18H21FN4O/c19-15-3-1-2-4-17(15)22-5-7-23(8-6-22)18-11-16(20-12-21-18)13-9-14(24)10-13/h1-4,11-14,24H,5-10H2. The van der Waals surface area contributed by atoms with Gasteiger partial charge in [-0.3, -0.25) is 0 Å². The van der Waals surface area contributed by atoms with Crippen molar-refractivity contribution in [1.29, 1.82) is 0 Å². The first-order chi connectivity index (χ1) is 11.7. The predicted molar refractivity (Wildman–Crippen MR) is 90.8 cm³/mol. The zero-order chi connectivity index (χ0) is 16.5. The lowest BCUT2D eigenvalue weighted by atomic mass is 9.80. The van der Waals surface area contributed by atoms with Gasteiger partial charge in [-0.05, 0) is 25.0 Å². The van der Waals surface area contributed by atoms with Gasteiger partial charge in [0, 0.05) is 43.9 Å². The van der Waals surface area contributed by atoms with Crippen molar-refractivity contribution >= 4 is 11.5 Å². The minimum atomic E-state index is -0.183. The van der Waals surface area contributed by atoms with Crippen molar-refractivity contribution in [2.75, 3.05) is 36.0 Å². The Morgan fingerprint density at radius 3 is 2.42 bits per heavy atom. The number of aromatic nitrogens is 2. The highest BCUT2D eigenvalue weighted by Crippen LogP contribution is 2.36. The molecule has 0 unspecified atom stereocenters. The molecule has 5 nitrogen and oxygen atoms in total. The van der Waals surface area contributed by atoms with E-state index in [1.165, 1.54) is 6.07 Å². The van der Waals surface area contributed by atoms with Gasteiger partial charge in [0.1, 0.15) is 18.0 Å². The van der Waals surface area contributed by atoms with Crippen LogP contribution in [0, 0.1) is 5.82 Å². The number of hydrogen-bond donors (Lipinski definition) is 1. The summed E-state index contributed by atoms with van der Waals surface area (Å²) in [7, 11) is 0. The number of aliphatic hydroxyl groups is 1. The van der Waals surface area contributed by atoms with E-state index < -0.39 is 0 Å². The Labute approximate surface area is 140 Å². The number of para-hydroxylation sites is 1. The summed E-state index contributed by atoms with van der Waals surface area (Å²) in [6.07, 6.45) is 3.01. The van der Waals surface area contributed by atoms with Gasteiger partial charge < -0.3 is 14.9 Å². The molecule has 0 spiro atoms. The molecule has 1 aromatic heterocycles. The number of benzene rings is 1. The van der Waals surface area contributed by atoms with Crippen molar-refractivity contribution < 1.29 is 9.50 Å². The van der Waals surface area contributed by atoms with Crippen molar-refractivity contribution in [2.24, 2.45) is 0 Å². The Hall–Kier alpha value is -2.21. The minimum absolute atomic E-state index is 0.168. The largest absolute Gasteiger partial charge is 0.393 e. The van der Waals surface area contributed by atoms with Gasteiger partial charge in [0.2, 0.25) is 0 Å². The van der Waals surface area contributed by atoms with Crippen LogP contribution in [0.5, 0.6) is 0 Å². The fourth-order valence-electron chi connectivity index (χ4n) is 3.47. The zero-order valence-electron chi connectivity index (χ0n) is 13.5. The Kier molecular flexibility index (Phi) is 4.06. The van der Waals surface area contributed by atoms with Crippen LogP contribution < -0.4 is 9.80 Å². The van der Waals surface area contributed by atoms with Gasteiger partial charge in [0.05, 0.1) is 11.8 Å². The molecular weight excluding hydrogens is 307 g/mol. The molecule has 1 N–H and O–H groups in total. The maximum absolute atomic E-state index is 13.9. The van der Waals surface area contributed by atoms with Crippen molar-refractivity contribution in [3.05, 3.63) is 48.2 Å². The zero-order valence-corrected chi connectivity index (χ0v) is 13.5. The van der Waals surface area contributed by atoms with Gasteiger partial charge in [-0.15, -0.1) is 0 Å². The molecule has 0 amide bonds. The van der Waals surface area contributed by atoms with Crippen LogP contribution in [0.4, 0.5) is 15.9 Å². The average Bonchev–Trinajstić information content (AvgIpc) is 2.60. The highest BCUT2D eigenvalue weighted by molar-refractivity contribution is 5.50. The van der Waals surface area contributed by atoms with Crippen LogP contribution >= 0.6 is 0 Å². The van der Waals surface area contributed by atoms with Gasteiger partial charge in [-0.2, -0.15) is 0 Å². The normalized spacial score (nSPS) is 23.9. The molecule has 126 valence electrons. The summed E-state index contributed by atoms with van der Waals surface area (Å²) in [5, 5.41) is 9.47. The molecule has 1 saturated carbocycles. The SMILES string of the molecule is OC1CC(c2cc(N3CCN(c4ccccc4F)CC3)ncn2)C1. The number of aliphatic hydroxyl groups excluding tert-OH is 1. The maximum atomic E-state index is 13.9. The topological polar surface area (TPSA) is 52.5 Å².